The monoisotopic (exact) mass is 280 g/mol. The van der Waals surface area contributed by atoms with Crippen LogP contribution in [0, 0.1) is 5.92 Å². The molecule has 1 aromatic carbocycles. The average molecular weight is 280 g/mol. The second-order valence-electron chi connectivity index (χ2n) is 4.35. The summed E-state index contributed by atoms with van der Waals surface area (Å²) >= 11 is 0. The standard InChI is InChI=1S/C12H18O3S.K/c1-10(2)6-5-8-11-7-3-4-9-12(11)16(13,14)15;/h3-4,7,9-10H,5-6,8H2,1-2H3,(H,13,14,15);/q;+1/p-1. The molecule has 0 bridgehead atoms. The van der Waals surface area contributed by atoms with Crippen LogP contribution in [-0.4, -0.2) is 13.0 Å². The van der Waals surface area contributed by atoms with Gasteiger partial charge in [-0.15, -0.1) is 0 Å². The van der Waals surface area contributed by atoms with Gasteiger partial charge in [0, 0.05) is 0 Å². The van der Waals surface area contributed by atoms with Crippen LogP contribution < -0.4 is 51.4 Å². The Bertz CT molecular complexity index is 441. The normalized spacial score (nSPS) is 11.3. The van der Waals surface area contributed by atoms with Crippen molar-refractivity contribution < 1.29 is 64.4 Å². The molecule has 0 N–H and O–H groups in total. The first-order valence-electron chi connectivity index (χ1n) is 5.45. The molecule has 0 unspecified atom stereocenters. The minimum atomic E-state index is -4.33. The van der Waals surface area contributed by atoms with Gasteiger partial charge in [0.2, 0.25) is 0 Å². The molecular weight excluding hydrogens is 263 g/mol. The minimum Gasteiger partial charge on any atom is -0.744 e. The molecule has 17 heavy (non-hydrogen) atoms. The van der Waals surface area contributed by atoms with Crippen LogP contribution in [0.3, 0.4) is 0 Å². The molecule has 5 heteroatoms. The molecule has 0 aromatic heterocycles. The topological polar surface area (TPSA) is 57.2 Å². The molecule has 0 aliphatic carbocycles. The molecule has 0 radical (unpaired) electrons. The molecule has 1 rings (SSSR count). The Morgan fingerprint density at radius 1 is 1.24 bits per heavy atom. The van der Waals surface area contributed by atoms with Gasteiger partial charge in [0.25, 0.3) is 0 Å². The first-order valence-corrected chi connectivity index (χ1v) is 6.86. The van der Waals surface area contributed by atoms with Gasteiger partial charge >= 0.3 is 51.4 Å². The summed E-state index contributed by atoms with van der Waals surface area (Å²) in [6.45, 7) is 4.24. The van der Waals surface area contributed by atoms with Gasteiger partial charge in [-0.1, -0.05) is 38.5 Å². The van der Waals surface area contributed by atoms with Gasteiger partial charge < -0.3 is 4.55 Å². The molecule has 0 aliphatic heterocycles. The molecule has 90 valence electrons. The summed E-state index contributed by atoms with van der Waals surface area (Å²) in [5, 5.41) is 0. The number of hydrogen-bond donors (Lipinski definition) is 0. The van der Waals surface area contributed by atoms with E-state index in [0.717, 1.165) is 12.8 Å². The summed E-state index contributed by atoms with van der Waals surface area (Å²) in [7, 11) is -4.33. The SMILES string of the molecule is CC(C)CCCc1ccccc1S(=O)(=O)[O-].[K+]. The zero-order valence-electron chi connectivity index (χ0n) is 10.6. The van der Waals surface area contributed by atoms with E-state index in [4.69, 9.17) is 0 Å². The predicted molar refractivity (Wildman–Crippen MR) is 62.2 cm³/mol. The van der Waals surface area contributed by atoms with Crippen molar-refractivity contribution in [2.24, 2.45) is 5.92 Å². The molecule has 0 saturated heterocycles. The van der Waals surface area contributed by atoms with Gasteiger partial charge in [0.05, 0.1) is 4.90 Å². The molecule has 0 fully saturated rings. The van der Waals surface area contributed by atoms with E-state index < -0.39 is 10.1 Å². The van der Waals surface area contributed by atoms with Crippen LogP contribution in [0.4, 0.5) is 0 Å². The van der Waals surface area contributed by atoms with E-state index in [0.29, 0.717) is 17.9 Å². The van der Waals surface area contributed by atoms with Crippen LogP contribution in [-0.2, 0) is 16.5 Å². The maximum absolute atomic E-state index is 11.0. The van der Waals surface area contributed by atoms with Crippen LogP contribution in [0.25, 0.3) is 0 Å². The van der Waals surface area contributed by atoms with Crippen LogP contribution >= 0.6 is 0 Å². The van der Waals surface area contributed by atoms with Crippen molar-refractivity contribution >= 4 is 10.1 Å². The summed E-state index contributed by atoms with van der Waals surface area (Å²) in [5.74, 6) is 0.594. The number of hydrogen-bond acceptors (Lipinski definition) is 3. The number of aryl methyl sites for hydroxylation is 1. The fourth-order valence-electron chi connectivity index (χ4n) is 1.66. The van der Waals surface area contributed by atoms with Gasteiger partial charge in [0.1, 0.15) is 10.1 Å². The van der Waals surface area contributed by atoms with Crippen LogP contribution in [0.15, 0.2) is 29.2 Å². The summed E-state index contributed by atoms with van der Waals surface area (Å²) in [5.41, 5.74) is 0.637. The van der Waals surface area contributed by atoms with Gasteiger partial charge in [-0.3, -0.25) is 0 Å². The molecule has 0 heterocycles. The molecule has 0 atom stereocenters. The maximum Gasteiger partial charge on any atom is 1.00 e. The Kier molecular flexibility index (Phi) is 8.40. The van der Waals surface area contributed by atoms with Crippen LogP contribution in [0.5, 0.6) is 0 Å². The minimum absolute atomic E-state index is 0. The zero-order valence-corrected chi connectivity index (χ0v) is 14.6. The number of rotatable bonds is 5. The van der Waals surface area contributed by atoms with E-state index in [9.17, 15) is 13.0 Å². The van der Waals surface area contributed by atoms with Crippen molar-refractivity contribution in [3.05, 3.63) is 29.8 Å². The average Bonchev–Trinajstić information content (AvgIpc) is 2.16. The van der Waals surface area contributed by atoms with E-state index in [2.05, 4.69) is 13.8 Å². The molecular formula is C12H17KO3S. The third-order valence-corrected chi connectivity index (χ3v) is 3.41. The maximum atomic E-state index is 11.0. The summed E-state index contributed by atoms with van der Waals surface area (Å²) in [6.07, 6.45) is 2.59. The number of benzene rings is 1. The predicted octanol–water partition coefficient (Wildman–Crippen LogP) is -0.427. The quantitative estimate of drug-likeness (QED) is 0.543. The first kappa shape index (κ1) is 17.8. The van der Waals surface area contributed by atoms with E-state index >= 15 is 0 Å². The van der Waals surface area contributed by atoms with Crippen molar-refractivity contribution in [1.82, 2.24) is 0 Å². The van der Waals surface area contributed by atoms with Crippen LogP contribution in [0.1, 0.15) is 32.3 Å². The Hall–Kier alpha value is 0.766. The summed E-state index contributed by atoms with van der Waals surface area (Å²) in [6, 6.07) is 6.44. The van der Waals surface area contributed by atoms with Crippen molar-refractivity contribution in [3.8, 4) is 0 Å². The van der Waals surface area contributed by atoms with E-state index in [1.165, 1.54) is 6.07 Å². The molecule has 0 saturated carbocycles. The molecule has 0 spiro atoms. The Labute approximate surface area is 146 Å². The van der Waals surface area contributed by atoms with Gasteiger partial charge in [-0.05, 0) is 30.4 Å². The van der Waals surface area contributed by atoms with Gasteiger partial charge in [0.15, 0.2) is 0 Å². The van der Waals surface area contributed by atoms with Crippen molar-refractivity contribution in [2.75, 3.05) is 0 Å². The molecule has 1 aromatic rings. The molecule has 0 amide bonds. The van der Waals surface area contributed by atoms with E-state index in [1.54, 1.807) is 18.2 Å². The third-order valence-electron chi connectivity index (χ3n) is 2.47. The van der Waals surface area contributed by atoms with Gasteiger partial charge in [-0.25, -0.2) is 8.42 Å². The zero-order chi connectivity index (χ0) is 12.2. The van der Waals surface area contributed by atoms with Gasteiger partial charge in [-0.2, -0.15) is 0 Å². The smallest absolute Gasteiger partial charge is 0.744 e. The van der Waals surface area contributed by atoms with E-state index in [1.807, 2.05) is 0 Å². The van der Waals surface area contributed by atoms with Crippen molar-refractivity contribution in [3.63, 3.8) is 0 Å². The largest absolute Gasteiger partial charge is 1.00 e. The fraction of sp³-hybridized carbons (Fsp3) is 0.500. The molecule has 0 aliphatic rings. The van der Waals surface area contributed by atoms with E-state index in [-0.39, 0.29) is 56.3 Å². The van der Waals surface area contributed by atoms with Crippen LogP contribution in [0.2, 0.25) is 0 Å². The third kappa shape index (κ3) is 6.47. The second-order valence-corrected chi connectivity index (χ2v) is 5.70. The molecule has 3 nitrogen and oxygen atoms in total. The Morgan fingerprint density at radius 3 is 2.35 bits per heavy atom. The Morgan fingerprint density at radius 2 is 1.82 bits per heavy atom. The second kappa shape index (κ2) is 8.04. The fourth-order valence-corrected chi connectivity index (χ4v) is 2.39. The first-order chi connectivity index (χ1) is 7.41. The van der Waals surface area contributed by atoms with Crippen molar-refractivity contribution in [2.45, 2.75) is 38.0 Å². The summed E-state index contributed by atoms with van der Waals surface area (Å²) in [4.78, 5) is -0.0706. The summed E-state index contributed by atoms with van der Waals surface area (Å²) < 4.78 is 33.0. The van der Waals surface area contributed by atoms with Crippen molar-refractivity contribution in [1.29, 1.82) is 0 Å². The Balaban J connectivity index is 0.00000256.